The smallest absolute Gasteiger partial charge is 0.429 e. The van der Waals surface area contributed by atoms with Gasteiger partial charge in [-0.3, -0.25) is 9.59 Å². The number of piperidine rings is 1. The molecule has 1 aromatic carbocycles. The fourth-order valence-corrected chi connectivity index (χ4v) is 4.68. The summed E-state index contributed by atoms with van der Waals surface area (Å²) in [4.78, 5) is 36.4. The summed E-state index contributed by atoms with van der Waals surface area (Å²) in [6.45, 7) is 5.39. The van der Waals surface area contributed by atoms with E-state index in [1.54, 1.807) is 13.8 Å². The van der Waals surface area contributed by atoms with Gasteiger partial charge in [-0.2, -0.15) is 26.3 Å². The van der Waals surface area contributed by atoms with E-state index in [9.17, 15) is 41.0 Å². The van der Waals surface area contributed by atoms with Crippen LogP contribution in [-0.4, -0.2) is 56.2 Å². The summed E-state index contributed by atoms with van der Waals surface area (Å²) in [5.41, 5.74) is -4.32. The number of nitrogens with one attached hydrogen (secondary N) is 1. The highest BCUT2D eigenvalue weighted by molar-refractivity contribution is 5.94. The van der Waals surface area contributed by atoms with Crippen LogP contribution in [0.5, 0.6) is 5.88 Å². The van der Waals surface area contributed by atoms with E-state index in [0.717, 1.165) is 18.3 Å². The SMILES string of the molecule is Cc1nc2cc(C(F)(F)F)c(C(Oc3ccc(C(=O)N4CC(C)C(O)C(C)C4)cn3)C(F)(F)F)cc2c(=O)[nH]1. The molecule has 14 heteroatoms. The van der Waals surface area contributed by atoms with Gasteiger partial charge < -0.3 is 19.7 Å². The molecule has 3 aromatic rings. The van der Waals surface area contributed by atoms with Crippen molar-refractivity contribution in [3.8, 4) is 5.88 Å². The van der Waals surface area contributed by atoms with Crippen LogP contribution in [0.25, 0.3) is 10.9 Å². The van der Waals surface area contributed by atoms with Gasteiger partial charge in [-0.1, -0.05) is 13.8 Å². The highest BCUT2D eigenvalue weighted by Crippen LogP contribution is 2.43. The second kappa shape index (κ2) is 10.1. The monoisotopic (exact) mass is 558 g/mol. The lowest BCUT2D eigenvalue weighted by atomic mass is 9.88. The number of aliphatic hydroxyl groups excluding tert-OH is 1. The van der Waals surface area contributed by atoms with Crippen molar-refractivity contribution in [2.75, 3.05) is 13.1 Å². The number of H-pyrrole nitrogens is 1. The molecular weight excluding hydrogens is 534 g/mol. The van der Waals surface area contributed by atoms with Gasteiger partial charge in [0.05, 0.1) is 28.1 Å². The number of halogens is 6. The first kappa shape index (κ1) is 28.3. The third-order valence-corrected chi connectivity index (χ3v) is 6.57. The van der Waals surface area contributed by atoms with Crippen molar-refractivity contribution in [3.05, 3.63) is 63.3 Å². The Hall–Kier alpha value is -3.68. The molecule has 4 rings (SSSR count). The van der Waals surface area contributed by atoms with Gasteiger partial charge in [0.2, 0.25) is 12.0 Å². The number of aromatic nitrogens is 3. The molecule has 1 aliphatic heterocycles. The van der Waals surface area contributed by atoms with E-state index in [4.69, 9.17) is 4.74 Å². The number of fused-ring (bicyclic) bond motifs is 1. The van der Waals surface area contributed by atoms with Crippen molar-refractivity contribution >= 4 is 16.8 Å². The van der Waals surface area contributed by atoms with Crippen LogP contribution < -0.4 is 10.3 Å². The van der Waals surface area contributed by atoms with Crippen molar-refractivity contribution in [3.63, 3.8) is 0 Å². The van der Waals surface area contributed by atoms with Crippen molar-refractivity contribution in [2.24, 2.45) is 11.8 Å². The van der Waals surface area contributed by atoms with Crippen LogP contribution in [0.2, 0.25) is 0 Å². The molecule has 1 fully saturated rings. The first-order chi connectivity index (χ1) is 18.1. The van der Waals surface area contributed by atoms with E-state index in [2.05, 4.69) is 15.0 Å². The summed E-state index contributed by atoms with van der Waals surface area (Å²) < 4.78 is 88.7. The van der Waals surface area contributed by atoms with Gasteiger partial charge in [0, 0.05) is 30.9 Å². The van der Waals surface area contributed by atoms with E-state index in [1.807, 2.05) is 0 Å². The third kappa shape index (κ3) is 5.84. The van der Waals surface area contributed by atoms with Crippen LogP contribution >= 0.6 is 0 Å². The average molecular weight is 558 g/mol. The molecule has 8 nitrogen and oxygen atoms in total. The van der Waals surface area contributed by atoms with E-state index in [-0.39, 0.29) is 36.3 Å². The minimum atomic E-state index is -5.34. The van der Waals surface area contributed by atoms with E-state index >= 15 is 0 Å². The maximum atomic E-state index is 14.1. The number of hydrogen-bond acceptors (Lipinski definition) is 6. The molecule has 0 radical (unpaired) electrons. The molecule has 0 spiro atoms. The molecular formula is C25H24F6N4O4. The Bertz CT molecular complexity index is 1430. The number of aryl methyl sites for hydroxylation is 1. The number of carbonyl (C=O) groups excluding carboxylic acids is 1. The Kier molecular flexibility index (Phi) is 7.36. The number of aromatic amines is 1. The maximum Gasteiger partial charge on any atom is 0.429 e. The topological polar surface area (TPSA) is 108 Å². The third-order valence-electron chi connectivity index (χ3n) is 6.57. The summed E-state index contributed by atoms with van der Waals surface area (Å²) in [7, 11) is 0. The number of benzene rings is 1. The standard InChI is InChI=1S/C25H24F6N4O4/c1-11-9-35(10-12(2)20(11)36)23(38)14-4-5-19(32-8-14)39-21(25(29,30)31)15-6-16-18(7-17(15)24(26,27)28)33-13(3)34-22(16)37/h4-8,11-12,20-21,36H,9-10H2,1-3H3,(H,33,34,37). The number of hydrogen-bond donors (Lipinski definition) is 2. The quantitative estimate of drug-likeness (QED) is 0.460. The van der Waals surface area contributed by atoms with Crippen molar-refractivity contribution in [2.45, 2.75) is 45.3 Å². The molecule has 3 atom stereocenters. The van der Waals surface area contributed by atoms with Crippen LogP contribution in [0.15, 0.2) is 35.3 Å². The Morgan fingerprint density at radius 1 is 1.13 bits per heavy atom. The fourth-order valence-electron chi connectivity index (χ4n) is 4.68. The van der Waals surface area contributed by atoms with Gasteiger partial charge in [-0.05, 0) is 37.0 Å². The van der Waals surface area contributed by atoms with Crippen LogP contribution in [0.4, 0.5) is 26.3 Å². The molecule has 3 heterocycles. The number of ether oxygens (including phenoxy) is 1. The molecule has 210 valence electrons. The minimum absolute atomic E-state index is 0.0134. The van der Waals surface area contributed by atoms with Gasteiger partial charge in [-0.15, -0.1) is 0 Å². The second-order valence-corrected chi connectivity index (χ2v) is 9.69. The molecule has 0 saturated carbocycles. The first-order valence-electron chi connectivity index (χ1n) is 11.8. The van der Waals surface area contributed by atoms with Gasteiger partial charge >= 0.3 is 12.4 Å². The highest BCUT2D eigenvalue weighted by atomic mass is 19.4. The van der Waals surface area contributed by atoms with Gasteiger partial charge in [0.25, 0.3) is 11.5 Å². The molecule has 1 amide bonds. The van der Waals surface area contributed by atoms with Gasteiger partial charge in [-0.25, -0.2) is 9.97 Å². The number of alkyl halides is 6. The zero-order valence-electron chi connectivity index (χ0n) is 20.9. The molecule has 3 unspecified atom stereocenters. The number of aliphatic hydroxyl groups is 1. The van der Waals surface area contributed by atoms with Crippen LogP contribution in [-0.2, 0) is 6.18 Å². The summed E-state index contributed by atoms with van der Waals surface area (Å²) in [5, 5.41) is 9.62. The van der Waals surface area contributed by atoms with Crippen molar-refractivity contribution in [1.29, 1.82) is 0 Å². The summed E-state index contributed by atoms with van der Waals surface area (Å²) in [5.74, 6) is -1.56. The van der Waals surface area contributed by atoms with E-state index in [1.165, 1.54) is 11.8 Å². The van der Waals surface area contributed by atoms with Crippen molar-refractivity contribution < 1.29 is 41.0 Å². The largest absolute Gasteiger partial charge is 0.460 e. The normalized spacial score (nSPS) is 21.2. The van der Waals surface area contributed by atoms with E-state index in [0.29, 0.717) is 12.1 Å². The van der Waals surface area contributed by atoms with Crippen LogP contribution in [0, 0.1) is 18.8 Å². The number of carbonyl (C=O) groups is 1. The molecule has 1 saturated heterocycles. The highest BCUT2D eigenvalue weighted by Gasteiger charge is 2.48. The van der Waals surface area contributed by atoms with Gasteiger partial charge in [0.15, 0.2) is 0 Å². The summed E-state index contributed by atoms with van der Waals surface area (Å²) >= 11 is 0. The first-order valence-corrected chi connectivity index (χ1v) is 11.8. The Morgan fingerprint density at radius 3 is 2.31 bits per heavy atom. The van der Waals surface area contributed by atoms with Gasteiger partial charge in [0.1, 0.15) is 5.82 Å². The van der Waals surface area contributed by atoms with Crippen LogP contribution in [0.3, 0.4) is 0 Å². The lowest BCUT2D eigenvalue weighted by molar-refractivity contribution is -0.201. The molecule has 2 N–H and O–H groups in total. The zero-order valence-corrected chi connectivity index (χ0v) is 20.9. The predicted octanol–water partition coefficient (Wildman–Crippen LogP) is 4.42. The minimum Gasteiger partial charge on any atom is -0.460 e. The van der Waals surface area contributed by atoms with Crippen molar-refractivity contribution in [1.82, 2.24) is 19.9 Å². The predicted molar refractivity (Wildman–Crippen MR) is 126 cm³/mol. The Morgan fingerprint density at radius 2 is 1.77 bits per heavy atom. The molecule has 0 aliphatic carbocycles. The molecule has 0 bridgehead atoms. The molecule has 1 aliphatic rings. The summed E-state index contributed by atoms with van der Waals surface area (Å²) in [6, 6.07) is 2.94. The number of pyridine rings is 1. The fraction of sp³-hybridized carbons (Fsp3) is 0.440. The Labute approximate surface area is 217 Å². The van der Waals surface area contributed by atoms with E-state index < -0.39 is 63.9 Å². The average Bonchev–Trinajstić information content (AvgIpc) is 2.83. The molecule has 39 heavy (non-hydrogen) atoms. The number of rotatable bonds is 4. The molecule has 2 aromatic heterocycles. The number of amides is 1. The maximum absolute atomic E-state index is 14.1. The Balaban J connectivity index is 1.68. The lowest BCUT2D eigenvalue weighted by Gasteiger charge is -2.38. The number of likely N-dealkylation sites (tertiary alicyclic amines) is 1. The van der Waals surface area contributed by atoms with Crippen LogP contribution in [0.1, 0.15) is 47.3 Å². The second-order valence-electron chi connectivity index (χ2n) is 9.69. The lowest BCUT2D eigenvalue weighted by Crippen LogP contribution is -2.49. The summed E-state index contributed by atoms with van der Waals surface area (Å²) in [6.07, 6.45) is -13.3. The number of nitrogens with zero attached hydrogens (tertiary/aromatic N) is 3. The zero-order chi connectivity index (χ0) is 28.9.